The lowest BCUT2D eigenvalue weighted by molar-refractivity contribution is 0.0930. The van der Waals surface area contributed by atoms with Gasteiger partial charge in [0, 0.05) is 30.3 Å². The molecule has 2 aromatic carbocycles. The lowest BCUT2D eigenvalue weighted by atomic mass is 10.0. The lowest BCUT2D eigenvalue weighted by Crippen LogP contribution is -2.29. The largest absolute Gasteiger partial charge is 0.396 e. The van der Waals surface area contributed by atoms with Crippen molar-refractivity contribution in [3.8, 4) is 0 Å². The van der Waals surface area contributed by atoms with Gasteiger partial charge in [0.1, 0.15) is 11.6 Å². The first-order valence-corrected chi connectivity index (χ1v) is 9.51. The molecule has 0 saturated heterocycles. The number of carbonyl (C=O) groups excluding carboxylic acids is 1. The predicted octanol–water partition coefficient (Wildman–Crippen LogP) is 3.29. The van der Waals surface area contributed by atoms with Crippen molar-refractivity contribution in [1.29, 1.82) is 0 Å². The zero-order chi connectivity index (χ0) is 20.8. The topological polar surface area (TPSA) is 94.5 Å². The molecule has 0 aliphatic heterocycles. The highest BCUT2D eigenvalue weighted by Gasteiger charge is 2.17. The van der Waals surface area contributed by atoms with Crippen LogP contribution in [-0.2, 0) is 0 Å². The Kier molecular flexibility index (Phi) is 6.98. The minimum absolute atomic E-state index is 0.00317. The summed E-state index contributed by atoms with van der Waals surface area (Å²) in [5.41, 5.74) is 0.948. The molecule has 1 amide bonds. The molecule has 1 aromatic heterocycles. The third-order valence-corrected chi connectivity index (χ3v) is 4.78. The zero-order valence-corrected chi connectivity index (χ0v) is 16.3. The Morgan fingerprint density at radius 3 is 2.66 bits per heavy atom. The summed E-state index contributed by atoms with van der Waals surface area (Å²) in [5.74, 6) is -0.330. The number of anilines is 1. The summed E-state index contributed by atoms with van der Waals surface area (Å²) < 4.78 is 13.8. The van der Waals surface area contributed by atoms with Gasteiger partial charge in [-0.3, -0.25) is 4.79 Å². The summed E-state index contributed by atoms with van der Waals surface area (Å²) >= 11 is 5.73. The van der Waals surface area contributed by atoms with Crippen molar-refractivity contribution < 1.29 is 19.4 Å². The van der Waals surface area contributed by atoms with E-state index in [-0.39, 0.29) is 30.6 Å². The Morgan fingerprint density at radius 2 is 1.93 bits per heavy atom. The second-order valence-electron chi connectivity index (χ2n) is 6.49. The number of hydrogen-bond acceptors (Lipinski definition) is 5. The van der Waals surface area contributed by atoms with Gasteiger partial charge in [-0.15, -0.1) is 0 Å². The molecule has 4 N–H and O–H groups in total. The van der Waals surface area contributed by atoms with Crippen LogP contribution in [0.3, 0.4) is 0 Å². The Hall–Kier alpha value is -2.74. The van der Waals surface area contributed by atoms with Crippen molar-refractivity contribution >= 4 is 34.1 Å². The van der Waals surface area contributed by atoms with Crippen LogP contribution in [-0.4, -0.2) is 40.9 Å². The van der Waals surface area contributed by atoms with Crippen molar-refractivity contribution in [3.05, 3.63) is 70.6 Å². The molecule has 3 aromatic rings. The van der Waals surface area contributed by atoms with Gasteiger partial charge in [-0.2, -0.15) is 0 Å². The third-order valence-electron chi connectivity index (χ3n) is 4.47. The predicted molar refractivity (Wildman–Crippen MR) is 111 cm³/mol. The van der Waals surface area contributed by atoms with Gasteiger partial charge in [-0.25, -0.2) is 9.37 Å². The van der Waals surface area contributed by atoms with Gasteiger partial charge in [-0.05, 0) is 47.7 Å². The number of amides is 1. The van der Waals surface area contributed by atoms with E-state index >= 15 is 0 Å². The number of carbonyl (C=O) groups is 1. The minimum Gasteiger partial charge on any atom is -0.396 e. The molecule has 0 radical (unpaired) electrons. The number of nitrogens with one attached hydrogen (secondary N) is 2. The number of aliphatic hydroxyl groups is 2. The number of pyridine rings is 1. The standard InChI is InChI=1S/C21H21ClFN3O3/c22-17-4-3-13(10-18(17)23)19(5-7-27)26-21(29)14-1-2-15-12-25-20(24-6-8-28)11-16(15)9-14/h1-4,9-12,19,27-28H,5-8H2,(H,24,25)(H,26,29). The van der Waals surface area contributed by atoms with Gasteiger partial charge in [0.15, 0.2) is 0 Å². The Bertz CT molecular complexity index is 1020. The van der Waals surface area contributed by atoms with E-state index < -0.39 is 11.9 Å². The van der Waals surface area contributed by atoms with Crippen LogP contribution in [0.5, 0.6) is 0 Å². The van der Waals surface area contributed by atoms with Crippen molar-refractivity contribution in [3.63, 3.8) is 0 Å². The fourth-order valence-corrected chi connectivity index (χ4v) is 3.10. The molecule has 3 rings (SSSR count). The number of benzene rings is 2. The van der Waals surface area contributed by atoms with Gasteiger partial charge in [-0.1, -0.05) is 23.7 Å². The van der Waals surface area contributed by atoms with Gasteiger partial charge in [0.05, 0.1) is 17.7 Å². The number of rotatable bonds is 8. The highest BCUT2D eigenvalue weighted by molar-refractivity contribution is 6.30. The Morgan fingerprint density at radius 1 is 1.10 bits per heavy atom. The first kappa shape index (κ1) is 21.0. The SMILES string of the molecule is O=C(NC(CCO)c1ccc(Cl)c(F)c1)c1ccc2cnc(NCCO)cc2c1. The molecule has 0 spiro atoms. The third kappa shape index (κ3) is 5.20. The summed E-state index contributed by atoms with van der Waals surface area (Å²) in [4.78, 5) is 17.0. The number of hydrogen-bond donors (Lipinski definition) is 4. The van der Waals surface area contributed by atoms with E-state index in [1.54, 1.807) is 36.5 Å². The molecule has 1 atom stereocenters. The molecular weight excluding hydrogens is 397 g/mol. The van der Waals surface area contributed by atoms with E-state index in [1.165, 1.54) is 12.1 Å². The van der Waals surface area contributed by atoms with Crippen LogP contribution in [0.15, 0.2) is 48.7 Å². The van der Waals surface area contributed by atoms with Crippen LogP contribution >= 0.6 is 11.6 Å². The quantitative estimate of drug-likeness (QED) is 0.451. The highest BCUT2D eigenvalue weighted by Crippen LogP contribution is 2.24. The number of halogens is 2. The summed E-state index contributed by atoms with van der Waals surface area (Å²) in [6.07, 6.45) is 1.92. The van der Waals surface area contributed by atoms with Gasteiger partial charge >= 0.3 is 0 Å². The Balaban J connectivity index is 1.83. The van der Waals surface area contributed by atoms with Crippen molar-refractivity contribution in [2.75, 3.05) is 25.1 Å². The molecule has 6 nitrogen and oxygen atoms in total. The molecule has 0 bridgehead atoms. The second-order valence-corrected chi connectivity index (χ2v) is 6.90. The molecule has 8 heteroatoms. The highest BCUT2D eigenvalue weighted by atomic mass is 35.5. The van der Waals surface area contributed by atoms with Crippen LogP contribution in [0.25, 0.3) is 10.8 Å². The maximum Gasteiger partial charge on any atom is 0.251 e. The van der Waals surface area contributed by atoms with E-state index in [1.807, 2.05) is 0 Å². The zero-order valence-electron chi connectivity index (χ0n) is 15.5. The first-order chi connectivity index (χ1) is 14.0. The summed E-state index contributed by atoms with van der Waals surface area (Å²) in [6.45, 7) is 0.192. The maximum atomic E-state index is 13.8. The van der Waals surface area contributed by atoms with Crippen LogP contribution < -0.4 is 10.6 Å². The van der Waals surface area contributed by atoms with Gasteiger partial charge in [0.25, 0.3) is 5.91 Å². The number of fused-ring (bicyclic) bond motifs is 1. The van der Waals surface area contributed by atoms with Gasteiger partial charge < -0.3 is 20.8 Å². The lowest BCUT2D eigenvalue weighted by Gasteiger charge is -2.19. The van der Waals surface area contributed by atoms with Gasteiger partial charge in [0.2, 0.25) is 0 Å². The molecule has 1 unspecified atom stereocenters. The molecule has 152 valence electrons. The maximum absolute atomic E-state index is 13.8. The van der Waals surface area contributed by atoms with Crippen molar-refractivity contribution in [2.24, 2.45) is 0 Å². The summed E-state index contributed by atoms with van der Waals surface area (Å²) in [6, 6.07) is 10.7. The summed E-state index contributed by atoms with van der Waals surface area (Å²) in [7, 11) is 0. The van der Waals surface area contributed by atoms with Crippen LogP contribution in [0.4, 0.5) is 10.2 Å². The molecule has 0 fully saturated rings. The van der Waals surface area contributed by atoms with Crippen LogP contribution in [0.1, 0.15) is 28.4 Å². The minimum atomic E-state index is -0.581. The van der Waals surface area contributed by atoms with E-state index in [2.05, 4.69) is 15.6 Å². The number of nitrogens with zero attached hydrogens (tertiary/aromatic N) is 1. The van der Waals surface area contributed by atoms with E-state index in [0.29, 0.717) is 23.5 Å². The fourth-order valence-electron chi connectivity index (χ4n) is 2.98. The molecule has 0 aliphatic rings. The normalized spacial score (nSPS) is 12.0. The average Bonchev–Trinajstić information content (AvgIpc) is 2.73. The second kappa shape index (κ2) is 9.65. The Labute approximate surface area is 172 Å². The van der Waals surface area contributed by atoms with Crippen LogP contribution in [0, 0.1) is 5.82 Å². The summed E-state index contributed by atoms with van der Waals surface area (Å²) in [5, 5.41) is 25.8. The van der Waals surface area contributed by atoms with E-state index in [4.69, 9.17) is 16.7 Å². The fraction of sp³-hybridized carbons (Fsp3) is 0.238. The van der Waals surface area contributed by atoms with E-state index in [9.17, 15) is 14.3 Å². The molecule has 29 heavy (non-hydrogen) atoms. The molecular formula is C21H21ClFN3O3. The number of aromatic nitrogens is 1. The van der Waals surface area contributed by atoms with Crippen LogP contribution in [0.2, 0.25) is 5.02 Å². The molecule has 1 heterocycles. The molecule has 0 saturated carbocycles. The van der Waals surface area contributed by atoms with Crippen molar-refractivity contribution in [1.82, 2.24) is 10.3 Å². The van der Waals surface area contributed by atoms with Crippen molar-refractivity contribution in [2.45, 2.75) is 12.5 Å². The monoisotopic (exact) mass is 417 g/mol. The smallest absolute Gasteiger partial charge is 0.251 e. The number of aliphatic hydroxyl groups excluding tert-OH is 2. The van der Waals surface area contributed by atoms with E-state index in [0.717, 1.165) is 10.8 Å². The molecule has 0 aliphatic carbocycles. The first-order valence-electron chi connectivity index (χ1n) is 9.13. The average molecular weight is 418 g/mol.